The molecule has 0 aliphatic carbocycles. The van der Waals surface area contributed by atoms with Gasteiger partial charge in [0.25, 0.3) is 0 Å². The Labute approximate surface area is 390 Å². The Morgan fingerprint density at radius 2 is 0.825 bits per heavy atom. The molecule has 6 nitrogen and oxygen atoms in total. The SMILES string of the molecule is CC/C=C\C/C=C\C/C=C\C/C=C\C/C=C\CC(CC(=O)NC(CO)C(O)CCCCCCCCCCCCCC)OC(=O)CCCCCCCCCCCCCCCCCCC. The highest BCUT2D eigenvalue weighted by atomic mass is 16.5. The van der Waals surface area contributed by atoms with Crippen molar-refractivity contribution < 1.29 is 24.5 Å². The molecule has 0 bridgehead atoms. The second kappa shape index (κ2) is 50.6. The van der Waals surface area contributed by atoms with Gasteiger partial charge in [0.15, 0.2) is 0 Å². The molecule has 0 aliphatic rings. The number of nitrogens with one attached hydrogen (secondary N) is 1. The number of aliphatic hydroxyl groups excluding tert-OH is 2. The van der Waals surface area contributed by atoms with Crippen LogP contribution in [0.3, 0.4) is 0 Å². The van der Waals surface area contributed by atoms with E-state index < -0.39 is 18.2 Å². The largest absolute Gasteiger partial charge is 0.461 e. The Balaban J connectivity index is 4.67. The molecule has 0 fully saturated rings. The van der Waals surface area contributed by atoms with Crippen LogP contribution in [0.2, 0.25) is 0 Å². The maximum atomic E-state index is 13.2. The third-order valence-corrected chi connectivity index (χ3v) is 12.1. The molecule has 0 radical (unpaired) electrons. The molecule has 3 N–H and O–H groups in total. The van der Waals surface area contributed by atoms with Crippen molar-refractivity contribution >= 4 is 11.9 Å². The minimum Gasteiger partial charge on any atom is -0.461 e. The van der Waals surface area contributed by atoms with Crippen molar-refractivity contribution in [2.24, 2.45) is 0 Å². The van der Waals surface area contributed by atoms with E-state index in [9.17, 15) is 19.8 Å². The fourth-order valence-corrected chi connectivity index (χ4v) is 8.04. The van der Waals surface area contributed by atoms with Crippen molar-refractivity contribution in [2.45, 2.75) is 283 Å². The maximum Gasteiger partial charge on any atom is 0.306 e. The van der Waals surface area contributed by atoms with Gasteiger partial charge in [-0.25, -0.2) is 0 Å². The zero-order valence-corrected chi connectivity index (χ0v) is 41.7. The van der Waals surface area contributed by atoms with Gasteiger partial charge in [0.05, 0.1) is 25.2 Å². The summed E-state index contributed by atoms with van der Waals surface area (Å²) in [6.45, 7) is 6.35. The summed E-state index contributed by atoms with van der Waals surface area (Å²) < 4.78 is 5.88. The van der Waals surface area contributed by atoms with Gasteiger partial charge in [-0.1, -0.05) is 261 Å². The molecule has 0 heterocycles. The highest BCUT2D eigenvalue weighted by molar-refractivity contribution is 5.77. The van der Waals surface area contributed by atoms with Crippen LogP contribution in [0.4, 0.5) is 0 Å². The molecule has 0 aromatic heterocycles. The van der Waals surface area contributed by atoms with E-state index in [2.05, 4.69) is 80.8 Å². The topological polar surface area (TPSA) is 95.9 Å². The summed E-state index contributed by atoms with van der Waals surface area (Å²) in [7, 11) is 0. The van der Waals surface area contributed by atoms with Gasteiger partial charge in [-0.05, 0) is 44.9 Å². The zero-order valence-electron chi connectivity index (χ0n) is 41.7. The number of rotatable bonds is 48. The molecule has 6 heteroatoms. The van der Waals surface area contributed by atoms with E-state index in [-0.39, 0.29) is 24.9 Å². The molecule has 3 unspecified atom stereocenters. The van der Waals surface area contributed by atoms with Gasteiger partial charge in [-0.15, -0.1) is 0 Å². The van der Waals surface area contributed by atoms with Crippen LogP contribution < -0.4 is 5.32 Å². The van der Waals surface area contributed by atoms with E-state index >= 15 is 0 Å². The van der Waals surface area contributed by atoms with Crippen LogP contribution in [0.5, 0.6) is 0 Å². The number of aliphatic hydroxyl groups is 2. The second-order valence-corrected chi connectivity index (χ2v) is 18.3. The molecule has 63 heavy (non-hydrogen) atoms. The summed E-state index contributed by atoms with van der Waals surface area (Å²) in [6, 6.07) is -0.731. The summed E-state index contributed by atoms with van der Waals surface area (Å²) in [5.41, 5.74) is 0. The van der Waals surface area contributed by atoms with Crippen LogP contribution in [0.15, 0.2) is 60.8 Å². The summed E-state index contributed by atoms with van der Waals surface area (Å²) >= 11 is 0. The van der Waals surface area contributed by atoms with Gasteiger partial charge >= 0.3 is 5.97 Å². The van der Waals surface area contributed by atoms with Gasteiger partial charge in [0.2, 0.25) is 5.91 Å². The van der Waals surface area contributed by atoms with Crippen molar-refractivity contribution in [3.05, 3.63) is 60.8 Å². The molecule has 0 saturated heterocycles. The number of hydrogen-bond donors (Lipinski definition) is 3. The molecule has 0 spiro atoms. The maximum absolute atomic E-state index is 13.2. The van der Waals surface area contributed by atoms with E-state index in [1.165, 1.54) is 148 Å². The highest BCUT2D eigenvalue weighted by Gasteiger charge is 2.23. The fraction of sp³-hybridized carbons (Fsp3) is 0.789. The Morgan fingerprint density at radius 3 is 1.21 bits per heavy atom. The third kappa shape index (κ3) is 45.9. The first kappa shape index (κ1) is 60.6. The Morgan fingerprint density at radius 1 is 0.476 bits per heavy atom. The number of carbonyl (C=O) groups excluding carboxylic acids is 2. The fourth-order valence-electron chi connectivity index (χ4n) is 8.04. The molecule has 0 aromatic rings. The molecule has 0 rings (SSSR count). The lowest BCUT2D eigenvalue weighted by atomic mass is 10.0. The lowest BCUT2D eigenvalue weighted by molar-refractivity contribution is -0.150. The first-order valence-corrected chi connectivity index (χ1v) is 27.0. The van der Waals surface area contributed by atoms with E-state index in [1.54, 1.807) is 0 Å². The van der Waals surface area contributed by atoms with E-state index in [1.807, 2.05) is 6.08 Å². The standard InChI is InChI=1S/C57H103NO5/c1-4-7-10-13-16-19-22-25-27-28-30-32-35-38-41-44-47-50-57(62)63-53(48-45-42-39-36-33-31-29-26-23-20-17-14-11-8-5-2)51-56(61)58-54(52-59)55(60)49-46-43-40-37-34-24-21-18-15-12-9-6-3/h8,11,17,20,26,29,33,36,42,45,53-55,59-60H,4-7,9-10,12-16,18-19,21-25,27-28,30-32,34-35,37-41,43-44,46-52H2,1-3H3,(H,58,61)/b11-8-,20-17-,29-26-,36-33-,45-42-. The molecule has 3 atom stereocenters. The average Bonchev–Trinajstić information content (AvgIpc) is 3.28. The lowest BCUT2D eigenvalue weighted by Crippen LogP contribution is -2.46. The lowest BCUT2D eigenvalue weighted by Gasteiger charge is -2.24. The molecule has 0 saturated carbocycles. The molecular formula is C57H103NO5. The molecule has 0 aliphatic heterocycles. The van der Waals surface area contributed by atoms with E-state index in [4.69, 9.17) is 4.74 Å². The summed E-state index contributed by atoms with van der Waals surface area (Å²) in [6.07, 6.45) is 63.0. The minimum atomic E-state index is -0.811. The van der Waals surface area contributed by atoms with Gasteiger partial charge in [0, 0.05) is 12.8 Å². The summed E-state index contributed by atoms with van der Waals surface area (Å²) in [5, 5.41) is 23.7. The summed E-state index contributed by atoms with van der Waals surface area (Å²) in [4.78, 5) is 26.1. The second-order valence-electron chi connectivity index (χ2n) is 18.3. The number of amides is 1. The molecule has 1 amide bonds. The molecule has 0 aromatic carbocycles. The zero-order chi connectivity index (χ0) is 45.9. The van der Waals surface area contributed by atoms with Crippen molar-refractivity contribution in [1.82, 2.24) is 5.32 Å². The van der Waals surface area contributed by atoms with Gasteiger partial charge in [-0.3, -0.25) is 9.59 Å². The first-order chi connectivity index (χ1) is 31.0. The smallest absolute Gasteiger partial charge is 0.306 e. The van der Waals surface area contributed by atoms with Crippen LogP contribution in [0.1, 0.15) is 265 Å². The molecule has 366 valence electrons. The van der Waals surface area contributed by atoms with Crippen LogP contribution in [-0.2, 0) is 14.3 Å². The number of hydrogen-bond acceptors (Lipinski definition) is 5. The monoisotopic (exact) mass is 882 g/mol. The van der Waals surface area contributed by atoms with Crippen molar-refractivity contribution in [1.29, 1.82) is 0 Å². The Kier molecular flexibility index (Phi) is 48.6. The number of carbonyl (C=O) groups is 2. The molecular weight excluding hydrogens is 779 g/mol. The first-order valence-electron chi connectivity index (χ1n) is 27.0. The van der Waals surface area contributed by atoms with Crippen LogP contribution in [0.25, 0.3) is 0 Å². The van der Waals surface area contributed by atoms with Crippen LogP contribution >= 0.6 is 0 Å². The van der Waals surface area contributed by atoms with Gasteiger partial charge in [-0.2, -0.15) is 0 Å². The average molecular weight is 882 g/mol. The Hall–Kier alpha value is -2.44. The predicted octanol–water partition coefficient (Wildman–Crippen LogP) is 16.4. The van der Waals surface area contributed by atoms with Crippen molar-refractivity contribution in [2.75, 3.05) is 6.61 Å². The van der Waals surface area contributed by atoms with E-state index in [0.29, 0.717) is 19.3 Å². The van der Waals surface area contributed by atoms with Gasteiger partial charge < -0.3 is 20.3 Å². The number of allylic oxidation sites excluding steroid dienone is 9. The number of unbranched alkanes of at least 4 members (excludes halogenated alkanes) is 27. The minimum absolute atomic E-state index is 0.000915. The van der Waals surface area contributed by atoms with Crippen molar-refractivity contribution in [3.63, 3.8) is 0 Å². The predicted molar refractivity (Wildman–Crippen MR) is 273 cm³/mol. The summed E-state index contributed by atoms with van der Waals surface area (Å²) in [5.74, 6) is -0.572. The Bertz CT molecular complexity index is 1130. The quantitative estimate of drug-likeness (QED) is 0.0321. The van der Waals surface area contributed by atoms with Gasteiger partial charge in [0.1, 0.15) is 6.10 Å². The van der Waals surface area contributed by atoms with Crippen LogP contribution in [-0.4, -0.2) is 46.9 Å². The van der Waals surface area contributed by atoms with E-state index in [0.717, 1.165) is 70.6 Å². The normalized spacial score (nSPS) is 13.7. The number of esters is 1. The highest BCUT2D eigenvalue weighted by Crippen LogP contribution is 2.17. The van der Waals surface area contributed by atoms with Crippen LogP contribution in [0, 0.1) is 0 Å². The van der Waals surface area contributed by atoms with Crippen molar-refractivity contribution in [3.8, 4) is 0 Å². The number of ether oxygens (including phenoxy) is 1. The third-order valence-electron chi connectivity index (χ3n) is 12.1.